The normalized spacial score (nSPS) is 26.8. The first kappa shape index (κ1) is 23.5. The second-order valence-corrected chi connectivity index (χ2v) is 9.13. The molecular weight excluding hydrogens is 448 g/mol. The first-order valence-corrected chi connectivity index (χ1v) is 12.1. The molecule has 0 spiro atoms. The number of aliphatic hydroxyl groups is 2. The van der Waals surface area contributed by atoms with Gasteiger partial charge in [-0.25, -0.2) is 0 Å². The number of fused-ring (bicyclic) bond motifs is 3. The van der Waals surface area contributed by atoms with Gasteiger partial charge in [-0.3, -0.25) is 9.59 Å². The van der Waals surface area contributed by atoms with Gasteiger partial charge in [0.2, 0.25) is 5.91 Å². The van der Waals surface area contributed by atoms with Crippen LogP contribution in [0.5, 0.6) is 5.75 Å². The summed E-state index contributed by atoms with van der Waals surface area (Å²) in [5, 5.41) is 23.5. The van der Waals surface area contributed by atoms with E-state index in [1.165, 1.54) is 0 Å². The average molecular weight is 479 g/mol. The fraction of sp³-hybridized carbons (Fsp3) is 0.407. The Morgan fingerprint density at radius 2 is 1.86 bits per heavy atom. The SMILES string of the molecule is O=C(NCCO)C1=CC(N(Cc2ccccc2)C(=O)C2CCCO2)C(O)C2Oc3ccccc3C12. The molecule has 3 N–H and O–H groups in total. The molecule has 8 heteroatoms. The highest BCUT2D eigenvalue weighted by atomic mass is 16.5. The fourth-order valence-electron chi connectivity index (χ4n) is 5.26. The zero-order valence-electron chi connectivity index (χ0n) is 19.4. The number of nitrogens with zero attached hydrogens (tertiary/aromatic N) is 1. The van der Waals surface area contributed by atoms with Gasteiger partial charge >= 0.3 is 0 Å². The number of carbonyl (C=O) groups excluding carboxylic acids is 2. The molecule has 2 amide bonds. The Morgan fingerprint density at radius 1 is 1.09 bits per heavy atom. The minimum Gasteiger partial charge on any atom is -0.486 e. The highest BCUT2D eigenvalue weighted by molar-refractivity contribution is 5.96. The lowest BCUT2D eigenvalue weighted by Gasteiger charge is -2.41. The standard InChI is InChI=1S/C27H30N2O6/c30-13-12-28-26(32)19-15-20(24(31)25-23(19)18-9-4-5-10-21(18)35-25)29(16-17-7-2-1-3-8-17)27(33)22-11-6-14-34-22/h1-5,7-10,15,20,22-25,30-31H,6,11-14,16H2,(H,28,32). The molecule has 2 heterocycles. The first-order valence-electron chi connectivity index (χ1n) is 12.1. The average Bonchev–Trinajstić information content (AvgIpc) is 3.56. The number of rotatable bonds is 7. The van der Waals surface area contributed by atoms with E-state index >= 15 is 0 Å². The van der Waals surface area contributed by atoms with Gasteiger partial charge in [-0.1, -0.05) is 48.5 Å². The largest absolute Gasteiger partial charge is 0.486 e. The quantitative estimate of drug-likeness (QED) is 0.557. The lowest BCUT2D eigenvalue weighted by Crippen LogP contribution is -2.57. The smallest absolute Gasteiger partial charge is 0.252 e. The molecule has 0 radical (unpaired) electrons. The molecule has 5 rings (SSSR count). The molecule has 8 nitrogen and oxygen atoms in total. The number of para-hydroxylation sites is 1. The van der Waals surface area contributed by atoms with Gasteiger partial charge in [0.1, 0.15) is 24.1 Å². The molecule has 0 aromatic heterocycles. The summed E-state index contributed by atoms with van der Waals surface area (Å²) in [4.78, 5) is 28.5. The van der Waals surface area contributed by atoms with Gasteiger partial charge in [-0.15, -0.1) is 0 Å². The molecule has 184 valence electrons. The van der Waals surface area contributed by atoms with Crippen molar-refractivity contribution in [3.63, 3.8) is 0 Å². The zero-order chi connectivity index (χ0) is 24.4. The van der Waals surface area contributed by atoms with Gasteiger partial charge in [0.05, 0.1) is 18.6 Å². The van der Waals surface area contributed by atoms with Crippen LogP contribution in [0.2, 0.25) is 0 Å². The van der Waals surface area contributed by atoms with Crippen LogP contribution < -0.4 is 10.1 Å². The number of ether oxygens (including phenoxy) is 2. The van der Waals surface area contributed by atoms with E-state index in [9.17, 15) is 19.8 Å². The Kier molecular flexibility index (Phi) is 6.86. The van der Waals surface area contributed by atoms with Gasteiger partial charge < -0.3 is 29.9 Å². The molecule has 2 aliphatic heterocycles. The maximum absolute atomic E-state index is 13.6. The maximum Gasteiger partial charge on any atom is 0.252 e. The molecule has 2 aromatic carbocycles. The van der Waals surface area contributed by atoms with E-state index in [4.69, 9.17) is 9.47 Å². The Bertz CT molecular complexity index is 1100. The van der Waals surface area contributed by atoms with Crippen molar-refractivity contribution in [1.29, 1.82) is 0 Å². The van der Waals surface area contributed by atoms with E-state index in [1.807, 2.05) is 54.6 Å². The van der Waals surface area contributed by atoms with Gasteiger partial charge in [-0.05, 0) is 30.5 Å². The van der Waals surface area contributed by atoms with Crippen LogP contribution in [0, 0.1) is 0 Å². The molecule has 5 atom stereocenters. The van der Waals surface area contributed by atoms with Crippen molar-refractivity contribution in [3.8, 4) is 5.75 Å². The minimum atomic E-state index is -1.06. The predicted molar refractivity (Wildman–Crippen MR) is 128 cm³/mol. The van der Waals surface area contributed by atoms with Crippen molar-refractivity contribution < 1.29 is 29.3 Å². The highest BCUT2D eigenvalue weighted by Crippen LogP contribution is 2.47. The molecular formula is C27H30N2O6. The van der Waals surface area contributed by atoms with Crippen LogP contribution in [0.4, 0.5) is 0 Å². The Morgan fingerprint density at radius 3 is 2.60 bits per heavy atom. The number of nitrogens with one attached hydrogen (secondary N) is 1. The van der Waals surface area contributed by atoms with Crippen molar-refractivity contribution >= 4 is 11.8 Å². The van der Waals surface area contributed by atoms with Crippen molar-refractivity contribution in [2.45, 2.75) is 49.7 Å². The molecule has 2 aromatic rings. The van der Waals surface area contributed by atoms with Crippen LogP contribution in [0.3, 0.4) is 0 Å². The summed E-state index contributed by atoms with van der Waals surface area (Å²) < 4.78 is 11.8. The molecule has 1 saturated heterocycles. The number of benzene rings is 2. The second-order valence-electron chi connectivity index (χ2n) is 9.13. The number of hydrogen-bond donors (Lipinski definition) is 3. The number of hydrogen-bond acceptors (Lipinski definition) is 6. The Labute approximate surface area is 204 Å². The third-order valence-electron chi connectivity index (χ3n) is 6.92. The molecule has 1 aliphatic carbocycles. The summed E-state index contributed by atoms with van der Waals surface area (Å²) >= 11 is 0. The van der Waals surface area contributed by atoms with E-state index in [1.54, 1.807) is 11.0 Å². The molecule has 0 bridgehead atoms. The van der Waals surface area contributed by atoms with Crippen LogP contribution in [-0.2, 0) is 20.9 Å². The van der Waals surface area contributed by atoms with Crippen molar-refractivity contribution in [1.82, 2.24) is 10.2 Å². The van der Waals surface area contributed by atoms with Gasteiger partial charge in [0.25, 0.3) is 5.91 Å². The van der Waals surface area contributed by atoms with Crippen LogP contribution >= 0.6 is 0 Å². The van der Waals surface area contributed by atoms with Crippen LogP contribution in [0.15, 0.2) is 66.2 Å². The number of carbonyl (C=O) groups is 2. The highest BCUT2D eigenvalue weighted by Gasteiger charge is 2.51. The molecule has 5 unspecified atom stereocenters. The summed E-state index contributed by atoms with van der Waals surface area (Å²) in [5.74, 6) is -0.429. The number of amides is 2. The van der Waals surface area contributed by atoms with E-state index in [0.717, 1.165) is 17.5 Å². The maximum atomic E-state index is 13.6. The van der Waals surface area contributed by atoms with Crippen LogP contribution in [-0.4, -0.2) is 71.0 Å². The third-order valence-corrected chi connectivity index (χ3v) is 6.92. The second kappa shape index (κ2) is 10.2. The van der Waals surface area contributed by atoms with Gasteiger partial charge in [0, 0.05) is 30.8 Å². The fourth-order valence-corrected chi connectivity index (χ4v) is 5.26. The monoisotopic (exact) mass is 478 g/mol. The van der Waals surface area contributed by atoms with Crippen LogP contribution in [0.25, 0.3) is 0 Å². The van der Waals surface area contributed by atoms with E-state index in [-0.39, 0.29) is 31.5 Å². The summed E-state index contributed by atoms with van der Waals surface area (Å²) in [6.07, 6.45) is 0.749. The molecule has 0 saturated carbocycles. The minimum absolute atomic E-state index is 0.103. The van der Waals surface area contributed by atoms with Crippen molar-refractivity contribution in [2.75, 3.05) is 19.8 Å². The molecule has 35 heavy (non-hydrogen) atoms. The van der Waals surface area contributed by atoms with Crippen molar-refractivity contribution in [2.24, 2.45) is 0 Å². The summed E-state index contributed by atoms with van der Waals surface area (Å²) in [7, 11) is 0. The molecule has 3 aliphatic rings. The number of aliphatic hydroxyl groups excluding tert-OH is 2. The summed E-state index contributed by atoms with van der Waals surface area (Å²) in [6.45, 7) is 0.694. The lowest BCUT2D eigenvalue weighted by atomic mass is 9.77. The van der Waals surface area contributed by atoms with Crippen molar-refractivity contribution in [3.05, 3.63) is 77.4 Å². The Hall–Kier alpha value is -3.20. The van der Waals surface area contributed by atoms with E-state index in [2.05, 4.69) is 5.32 Å². The summed E-state index contributed by atoms with van der Waals surface area (Å²) in [5.41, 5.74) is 2.14. The predicted octanol–water partition coefficient (Wildman–Crippen LogP) is 1.52. The van der Waals surface area contributed by atoms with Gasteiger partial charge in [-0.2, -0.15) is 0 Å². The Balaban J connectivity index is 1.55. The molecule has 1 fully saturated rings. The lowest BCUT2D eigenvalue weighted by molar-refractivity contribution is -0.147. The van der Waals surface area contributed by atoms with E-state index in [0.29, 0.717) is 24.4 Å². The first-order chi connectivity index (χ1) is 17.1. The van der Waals surface area contributed by atoms with Crippen LogP contribution in [0.1, 0.15) is 29.9 Å². The zero-order valence-corrected chi connectivity index (χ0v) is 19.4. The topological polar surface area (TPSA) is 108 Å². The summed E-state index contributed by atoms with van der Waals surface area (Å²) in [6, 6.07) is 16.2. The third kappa shape index (κ3) is 4.57. The van der Waals surface area contributed by atoms with Gasteiger partial charge in [0.15, 0.2) is 0 Å². The van der Waals surface area contributed by atoms with E-state index < -0.39 is 30.3 Å².